The fourth-order valence-corrected chi connectivity index (χ4v) is 3.36. The molecule has 2 aromatic heterocycles. The topological polar surface area (TPSA) is 123 Å². The van der Waals surface area contributed by atoms with Gasteiger partial charge >= 0.3 is 0 Å². The number of hydrogen-bond acceptors (Lipinski definition) is 4. The van der Waals surface area contributed by atoms with Crippen LogP contribution >= 0.6 is 0 Å². The molecule has 0 saturated carbocycles. The fraction of sp³-hybridized carbons (Fsp3) is 0.0909. The first-order valence-corrected chi connectivity index (χ1v) is 9.33. The van der Waals surface area contributed by atoms with Gasteiger partial charge in [0.2, 0.25) is 5.78 Å². The summed E-state index contributed by atoms with van der Waals surface area (Å²) in [6, 6.07) is 17.2. The van der Waals surface area contributed by atoms with Crippen molar-refractivity contribution in [2.75, 3.05) is 0 Å². The van der Waals surface area contributed by atoms with E-state index in [0.29, 0.717) is 5.69 Å². The molecule has 8 nitrogen and oxygen atoms in total. The van der Waals surface area contributed by atoms with Gasteiger partial charge in [0.25, 0.3) is 11.8 Å². The molecule has 0 bridgehead atoms. The summed E-state index contributed by atoms with van der Waals surface area (Å²) < 4.78 is 1.49. The number of rotatable bonds is 7. The number of nitrogens with two attached hydrogens (primary N) is 1. The Hall–Kier alpha value is -4.20. The highest BCUT2D eigenvalue weighted by Crippen LogP contribution is 2.22. The largest absolute Gasteiger partial charge is 0.363 e. The van der Waals surface area contributed by atoms with Crippen molar-refractivity contribution in [3.63, 3.8) is 0 Å². The summed E-state index contributed by atoms with van der Waals surface area (Å²) in [5.41, 5.74) is 7.82. The Balaban J connectivity index is 1.63. The number of amides is 2. The second-order valence-corrected chi connectivity index (χ2v) is 6.79. The van der Waals surface area contributed by atoms with Gasteiger partial charge in [-0.05, 0) is 17.7 Å². The van der Waals surface area contributed by atoms with Crippen LogP contribution in [0.2, 0.25) is 0 Å². The molecule has 8 heteroatoms. The summed E-state index contributed by atoms with van der Waals surface area (Å²) in [4.78, 5) is 40.0. The Morgan fingerprint density at radius 1 is 1.03 bits per heavy atom. The van der Waals surface area contributed by atoms with E-state index in [1.54, 1.807) is 12.3 Å². The molecule has 2 amide bonds. The summed E-state index contributed by atoms with van der Waals surface area (Å²) in [6.07, 6.45) is 3.40. The molecule has 4 rings (SSSR count). The molecule has 0 radical (unpaired) electrons. The Morgan fingerprint density at radius 2 is 1.77 bits per heavy atom. The van der Waals surface area contributed by atoms with E-state index >= 15 is 0 Å². The second-order valence-electron chi connectivity index (χ2n) is 6.79. The van der Waals surface area contributed by atoms with Gasteiger partial charge in [0, 0.05) is 23.5 Å². The van der Waals surface area contributed by atoms with E-state index in [1.807, 2.05) is 54.6 Å². The van der Waals surface area contributed by atoms with Gasteiger partial charge in [-0.1, -0.05) is 48.5 Å². The molecule has 1 atom stereocenters. The molecular formula is C22H19N5O3. The number of aromatic amines is 1. The molecule has 0 saturated heterocycles. The number of para-hydroxylation sites is 1. The van der Waals surface area contributed by atoms with Gasteiger partial charge in [-0.2, -0.15) is 5.10 Å². The van der Waals surface area contributed by atoms with E-state index in [2.05, 4.69) is 15.4 Å². The highest BCUT2D eigenvalue weighted by Gasteiger charge is 2.27. The number of Topliss-reactive ketones (excluding diaryl/α,β-unsaturated/α-hetero) is 1. The molecule has 0 spiro atoms. The van der Waals surface area contributed by atoms with Crippen LogP contribution in [-0.4, -0.2) is 38.4 Å². The number of aromatic nitrogens is 3. The molecule has 0 aliphatic rings. The van der Waals surface area contributed by atoms with Crippen molar-refractivity contribution in [3.8, 4) is 5.69 Å². The molecule has 30 heavy (non-hydrogen) atoms. The minimum Gasteiger partial charge on any atom is -0.363 e. The van der Waals surface area contributed by atoms with E-state index in [0.717, 1.165) is 16.5 Å². The fourth-order valence-electron chi connectivity index (χ4n) is 3.36. The van der Waals surface area contributed by atoms with Gasteiger partial charge in [-0.3, -0.25) is 14.4 Å². The summed E-state index contributed by atoms with van der Waals surface area (Å²) in [7, 11) is 0. The highest BCUT2D eigenvalue weighted by molar-refractivity contribution is 6.38. The van der Waals surface area contributed by atoms with Crippen molar-refractivity contribution in [2.24, 2.45) is 5.73 Å². The average Bonchev–Trinajstić information content (AvgIpc) is 3.40. The van der Waals surface area contributed by atoms with Crippen LogP contribution in [0.15, 0.2) is 73.1 Å². The third-order valence-electron chi connectivity index (χ3n) is 4.82. The zero-order valence-electron chi connectivity index (χ0n) is 15.9. The molecule has 2 aromatic carbocycles. The van der Waals surface area contributed by atoms with Gasteiger partial charge in [-0.15, -0.1) is 0 Å². The van der Waals surface area contributed by atoms with Crippen LogP contribution in [0, 0.1) is 0 Å². The van der Waals surface area contributed by atoms with Crippen molar-refractivity contribution >= 4 is 28.5 Å². The minimum absolute atomic E-state index is 0.148. The van der Waals surface area contributed by atoms with Crippen LogP contribution in [0.3, 0.4) is 0 Å². The molecule has 1 unspecified atom stereocenters. The maximum absolute atomic E-state index is 13.0. The zero-order valence-corrected chi connectivity index (χ0v) is 15.9. The first-order chi connectivity index (χ1) is 14.5. The second kappa shape index (κ2) is 8.04. The van der Waals surface area contributed by atoms with Crippen molar-refractivity contribution in [3.05, 3.63) is 84.3 Å². The third-order valence-corrected chi connectivity index (χ3v) is 4.82. The number of nitrogens with zero attached hydrogens (tertiary/aromatic N) is 2. The van der Waals surface area contributed by atoms with Crippen LogP contribution < -0.4 is 11.1 Å². The normalized spacial score (nSPS) is 11.9. The van der Waals surface area contributed by atoms with Crippen LogP contribution in [0.5, 0.6) is 0 Å². The Morgan fingerprint density at radius 3 is 2.53 bits per heavy atom. The monoisotopic (exact) mass is 401 g/mol. The van der Waals surface area contributed by atoms with Crippen LogP contribution in [-0.2, 0) is 16.0 Å². The van der Waals surface area contributed by atoms with Crippen molar-refractivity contribution in [2.45, 2.75) is 12.5 Å². The SMILES string of the molecule is NC(=O)C(=O)C(Cc1ccccc1)NC(=O)c1ccnn1-c1c[nH]c2ccccc12. The number of ketones is 1. The summed E-state index contributed by atoms with van der Waals surface area (Å²) in [6.45, 7) is 0. The van der Waals surface area contributed by atoms with Crippen molar-refractivity contribution in [1.82, 2.24) is 20.1 Å². The number of nitrogens with one attached hydrogen (secondary N) is 2. The molecule has 4 N–H and O–H groups in total. The first kappa shape index (κ1) is 19.1. The molecular weight excluding hydrogens is 382 g/mol. The van der Waals surface area contributed by atoms with Crippen LogP contribution in [0.4, 0.5) is 0 Å². The molecule has 150 valence electrons. The molecule has 2 heterocycles. The van der Waals surface area contributed by atoms with Gasteiger partial charge in [0.05, 0.1) is 11.9 Å². The smallest absolute Gasteiger partial charge is 0.287 e. The quantitative estimate of drug-likeness (QED) is 0.408. The van der Waals surface area contributed by atoms with E-state index in [1.165, 1.54) is 10.9 Å². The van der Waals surface area contributed by atoms with Crippen LogP contribution in [0.25, 0.3) is 16.6 Å². The third kappa shape index (κ3) is 3.70. The summed E-state index contributed by atoms with van der Waals surface area (Å²) in [5.74, 6) is -2.49. The van der Waals surface area contributed by atoms with E-state index in [4.69, 9.17) is 5.73 Å². The number of carbonyl (C=O) groups excluding carboxylic acids is 3. The Labute approximate surface area is 171 Å². The lowest BCUT2D eigenvalue weighted by Gasteiger charge is -2.17. The maximum atomic E-state index is 13.0. The highest BCUT2D eigenvalue weighted by atomic mass is 16.2. The Kier molecular flexibility index (Phi) is 5.13. The van der Waals surface area contributed by atoms with Gasteiger partial charge in [0.15, 0.2) is 0 Å². The number of benzene rings is 2. The van der Waals surface area contributed by atoms with Crippen LogP contribution in [0.1, 0.15) is 16.1 Å². The van der Waals surface area contributed by atoms with Gasteiger partial charge in [0.1, 0.15) is 11.7 Å². The molecule has 0 fully saturated rings. The Bertz CT molecular complexity index is 1230. The van der Waals surface area contributed by atoms with Crippen molar-refractivity contribution in [1.29, 1.82) is 0 Å². The predicted octanol–water partition coefficient (Wildman–Crippen LogP) is 1.75. The predicted molar refractivity (Wildman–Crippen MR) is 111 cm³/mol. The number of fused-ring (bicyclic) bond motifs is 1. The number of carbonyl (C=O) groups is 3. The lowest BCUT2D eigenvalue weighted by Crippen LogP contribution is -2.47. The lowest BCUT2D eigenvalue weighted by molar-refractivity contribution is -0.137. The number of H-pyrrole nitrogens is 1. The lowest BCUT2D eigenvalue weighted by atomic mass is 10.0. The zero-order chi connectivity index (χ0) is 21.1. The molecule has 0 aliphatic carbocycles. The number of primary amides is 1. The standard InChI is InChI=1S/C22H19N5O3/c23-21(29)20(28)17(12-14-6-2-1-3-7-14)26-22(30)18-10-11-25-27(18)19-13-24-16-9-5-4-8-15(16)19/h1-11,13,17,24H,12H2,(H2,23,29)(H,26,30). The molecule has 0 aliphatic heterocycles. The first-order valence-electron chi connectivity index (χ1n) is 9.33. The van der Waals surface area contributed by atoms with E-state index < -0.39 is 23.6 Å². The van der Waals surface area contributed by atoms with Gasteiger partial charge in [-0.25, -0.2) is 4.68 Å². The summed E-state index contributed by atoms with van der Waals surface area (Å²) >= 11 is 0. The van der Waals surface area contributed by atoms with Gasteiger partial charge < -0.3 is 16.0 Å². The van der Waals surface area contributed by atoms with Crippen molar-refractivity contribution < 1.29 is 14.4 Å². The number of hydrogen-bond donors (Lipinski definition) is 3. The maximum Gasteiger partial charge on any atom is 0.287 e. The average molecular weight is 401 g/mol. The van der Waals surface area contributed by atoms with E-state index in [9.17, 15) is 14.4 Å². The van der Waals surface area contributed by atoms with E-state index in [-0.39, 0.29) is 12.1 Å². The minimum atomic E-state index is -1.10. The summed E-state index contributed by atoms with van der Waals surface area (Å²) in [5, 5.41) is 7.79. The molecule has 4 aromatic rings.